The predicted molar refractivity (Wildman–Crippen MR) is 70.9 cm³/mol. The minimum Gasteiger partial charge on any atom is -0.259 e. The van der Waals surface area contributed by atoms with Crippen LogP contribution in [0.3, 0.4) is 0 Å². The third-order valence-corrected chi connectivity index (χ3v) is 4.91. The summed E-state index contributed by atoms with van der Waals surface area (Å²) in [6.45, 7) is 7.01. The van der Waals surface area contributed by atoms with Crippen LogP contribution in [0, 0.1) is 0 Å². The molecule has 1 aliphatic heterocycles. The van der Waals surface area contributed by atoms with Gasteiger partial charge in [0.2, 0.25) is 0 Å². The second-order valence-electron chi connectivity index (χ2n) is 5.66. The smallest absolute Gasteiger partial charge is 0.0744 e. The van der Waals surface area contributed by atoms with Gasteiger partial charge in [0.1, 0.15) is 0 Å². The molecule has 0 fully saturated rings. The number of aromatic nitrogens is 1. The molecule has 2 rings (SSSR count). The lowest BCUT2D eigenvalue weighted by atomic mass is 9.90. The molecule has 94 valence electrons. The van der Waals surface area contributed by atoms with Crippen LogP contribution in [0.15, 0.2) is 21.5 Å². The number of hydrogen-bond donors (Lipinski definition) is 0. The van der Waals surface area contributed by atoms with E-state index in [1.54, 1.807) is 6.26 Å². The molecule has 1 aromatic heterocycles. The summed E-state index contributed by atoms with van der Waals surface area (Å²) in [5.41, 5.74) is 2.01. The van der Waals surface area contributed by atoms with Crippen molar-refractivity contribution in [1.29, 1.82) is 0 Å². The lowest BCUT2D eigenvalue weighted by molar-refractivity contribution is 0.549. The topological polar surface area (TPSA) is 42.3 Å². The molecule has 0 aliphatic carbocycles. The van der Waals surface area contributed by atoms with Crippen molar-refractivity contribution in [1.82, 2.24) is 4.98 Å². The zero-order valence-corrected chi connectivity index (χ0v) is 11.8. The molecule has 2 heterocycles. The number of nitrogens with zero attached hydrogens (tertiary/aromatic N) is 2. The van der Waals surface area contributed by atoms with E-state index in [-0.39, 0.29) is 5.41 Å². The lowest BCUT2D eigenvalue weighted by Gasteiger charge is -2.23. The van der Waals surface area contributed by atoms with Crippen LogP contribution in [0.4, 0.5) is 0 Å². The van der Waals surface area contributed by atoms with Crippen molar-refractivity contribution in [2.45, 2.75) is 43.9 Å². The van der Waals surface area contributed by atoms with E-state index in [4.69, 9.17) is 0 Å². The monoisotopic (exact) mass is 252 g/mol. The van der Waals surface area contributed by atoms with E-state index in [2.05, 4.69) is 30.1 Å². The van der Waals surface area contributed by atoms with E-state index in [1.165, 1.54) is 5.56 Å². The van der Waals surface area contributed by atoms with Crippen molar-refractivity contribution in [3.63, 3.8) is 0 Å². The summed E-state index contributed by atoms with van der Waals surface area (Å²) < 4.78 is 17.1. The van der Waals surface area contributed by atoms with Crippen LogP contribution in [0.1, 0.15) is 38.4 Å². The van der Waals surface area contributed by atoms with Gasteiger partial charge in [0.05, 0.1) is 20.3 Å². The van der Waals surface area contributed by atoms with Gasteiger partial charge in [-0.3, -0.25) is 4.98 Å². The molecule has 0 unspecified atom stereocenters. The zero-order valence-electron chi connectivity index (χ0n) is 11.0. The van der Waals surface area contributed by atoms with Crippen LogP contribution in [-0.4, -0.2) is 22.0 Å². The SMILES string of the molecule is CC(C)(C)c1nccc2c1[S@](C)(=O)=NCCC2. The summed E-state index contributed by atoms with van der Waals surface area (Å²) >= 11 is 0. The van der Waals surface area contributed by atoms with Crippen molar-refractivity contribution in [3.8, 4) is 0 Å². The van der Waals surface area contributed by atoms with E-state index in [1.807, 2.05) is 12.3 Å². The average molecular weight is 252 g/mol. The Morgan fingerprint density at radius 2 is 2.06 bits per heavy atom. The summed E-state index contributed by atoms with van der Waals surface area (Å²) in [4.78, 5) is 5.35. The summed E-state index contributed by atoms with van der Waals surface area (Å²) in [7, 11) is -2.28. The third-order valence-electron chi connectivity index (χ3n) is 3.02. The Labute approximate surface area is 104 Å². The van der Waals surface area contributed by atoms with Gasteiger partial charge in [-0.1, -0.05) is 20.8 Å². The maximum atomic E-state index is 12.7. The molecule has 1 atom stereocenters. The van der Waals surface area contributed by atoms with Crippen LogP contribution in [0.25, 0.3) is 0 Å². The Kier molecular flexibility index (Phi) is 3.02. The molecule has 0 radical (unpaired) electrons. The Morgan fingerprint density at radius 1 is 1.35 bits per heavy atom. The van der Waals surface area contributed by atoms with Gasteiger partial charge in [-0.05, 0) is 24.5 Å². The first-order valence-electron chi connectivity index (χ1n) is 5.99. The molecule has 4 heteroatoms. The van der Waals surface area contributed by atoms with Crippen LogP contribution in [-0.2, 0) is 21.6 Å². The number of fused-ring (bicyclic) bond motifs is 1. The second-order valence-corrected chi connectivity index (χ2v) is 7.93. The van der Waals surface area contributed by atoms with Gasteiger partial charge >= 0.3 is 0 Å². The number of rotatable bonds is 0. The number of hydrogen-bond acceptors (Lipinski definition) is 3. The number of aryl methyl sites for hydroxylation is 1. The second kappa shape index (κ2) is 4.09. The fraction of sp³-hybridized carbons (Fsp3) is 0.615. The highest BCUT2D eigenvalue weighted by Gasteiger charge is 2.27. The van der Waals surface area contributed by atoms with Crippen LogP contribution >= 0.6 is 0 Å². The first-order chi connectivity index (χ1) is 7.82. The first kappa shape index (κ1) is 12.6. The van der Waals surface area contributed by atoms with E-state index >= 15 is 0 Å². The van der Waals surface area contributed by atoms with E-state index in [0.29, 0.717) is 6.54 Å². The molecule has 0 N–H and O–H groups in total. The highest BCUT2D eigenvalue weighted by Crippen LogP contribution is 2.32. The van der Waals surface area contributed by atoms with Gasteiger partial charge in [0.15, 0.2) is 0 Å². The molecule has 1 aromatic rings. The number of pyridine rings is 1. The quantitative estimate of drug-likeness (QED) is 0.712. The normalized spacial score (nSPS) is 24.7. The molecule has 3 nitrogen and oxygen atoms in total. The molecule has 0 bridgehead atoms. The van der Waals surface area contributed by atoms with E-state index in [0.717, 1.165) is 23.4 Å². The molecular weight excluding hydrogens is 232 g/mol. The van der Waals surface area contributed by atoms with Crippen LogP contribution in [0.2, 0.25) is 0 Å². The molecule has 0 amide bonds. The molecule has 0 saturated heterocycles. The average Bonchev–Trinajstić information content (AvgIpc) is 2.36. The van der Waals surface area contributed by atoms with Crippen LogP contribution < -0.4 is 0 Å². The van der Waals surface area contributed by atoms with Gasteiger partial charge in [0, 0.05) is 24.4 Å². The summed E-state index contributed by atoms with van der Waals surface area (Å²) in [5.74, 6) is 0. The minimum atomic E-state index is -2.28. The maximum Gasteiger partial charge on any atom is 0.0744 e. The Balaban J connectivity index is 2.79. The largest absolute Gasteiger partial charge is 0.259 e. The molecule has 0 spiro atoms. The van der Waals surface area contributed by atoms with Gasteiger partial charge in [-0.15, -0.1) is 0 Å². The van der Waals surface area contributed by atoms with Gasteiger partial charge in [0.25, 0.3) is 0 Å². The highest BCUT2D eigenvalue weighted by atomic mass is 32.2. The van der Waals surface area contributed by atoms with Gasteiger partial charge < -0.3 is 0 Å². The zero-order chi connectivity index (χ0) is 12.7. The fourth-order valence-electron chi connectivity index (χ4n) is 2.21. The van der Waals surface area contributed by atoms with E-state index < -0.39 is 9.73 Å². The standard InChI is InChI=1S/C13H20N2OS/c1-13(2,3)12-11-10(7-9-14-12)6-5-8-15-17(11,4)16/h7,9H,5-6,8H2,1-4H3/t17-/m0/s1. The molecule has 1 aliphatic rings. The first-order valence-corrected chi connectivity index (χ1v) is 7.91. The Bertz CT molecular complexity index is 549. The van der Waals surface area contributed by atoms with Crippen molar-refractivity contribution in [2.24, 2.45) is 4.36 Å². The highest BCUT2D eigenvalue weighted by molar-refractivity contribution is 7.93. The Morgan fingerprint density at radius 3 is 2.71 bits per heavy atom. The third kappa shape index (κ3) is 2.37. The fourth-order valence-corrected chi connectivity index (χ4v) is 4.20. The van der Waals surface area contributed by atoms with Gasteiger partial charge in [-0.2, -0.15) is 0 Å². The Hall–Kier alpha value is -0.900. The molecule has 0 aromatic carbocycles. The predicted octanol–water partition coefficient (Wildman–Crippen LogP) is 2.78. The summed E-state index contributed by atoms with van der Waals surface area (Å²) in [6, 6.07) is 1.99. The summed E-state index contributed by atoms with van der Waals surface area (Å²) in [6.07, 6.45) is 5.51. The van der Waals surface area contributed by atoms with Crippen molar-refractivity contribution in [2.75, 3.05) is 12.8 Å². The van der Waals surface area contributed by atoms with Crippen molar-refractivity contribution >= 4 is 9.73 Å². The van der Waals surface area contributed by atoms with Crippen LogP contribution in [0.5, 0.6) is 0 Å². The molecule has 0 saturated carbocycles. The minimum absolute atomic E-state index is 0.0934. The van der Waals surface area contributed by atoms with E-state index in [9.17, 15) is 4.21 Å². The maximum absolute atomic E-state index is 12.7. The summed E-state index contributed by atoms with van der Waals surface area (Å²) in [5, 5.41) is 0. The molecular formula is C13H20N2OS. The molecule has 17 heavy (non-hydrogen) atoms. The van der Waals surface area contributed by atoms with Crippen molar-refractivity contribution in [3.05, 3.63) is 23.5 Å². The van der Waals surface area contributed by atoms with Gasteiger partial charge in [-0.25, -0.2) is 8.57 Å². The lowest BCUT2D eigenvalue weighted by Crippen LogP contribution is -2.19. The van der Waals surface area contributed by atoms with Crippen molar-refractivity contribution < 1.29 is 4.21 Å².